The van der Waals surface area contributed by atoms with Crippen LogP contribution in [0.15, 0.2) is 4.42 Å². The largest absolute Gasteiger partial charge is 0.424 e. The predicted octanol–water partition coefficient (Wildman–Crippen LogP) is 1.11. The molecule has 0 fully saturated rings. The van der Waals surface area contributed by atoms with E-state index in [1.54, 1.807) is 6.92 Å². The lowest BCUT2D eigenvalue weighted by molar-refractivity contribution is 0.400. The highest BCUT2D eigenvalue weighted by Crippen LogP contribution is 2.19. The zero-order chi connectivity index (χ0) is 14.0. The first kappa shape index (κ1) is 15.1. The van der Waals surface area contributed by atoms with Gasteiger partial charge in [0.25, 0.3) is 0 Å². The van der Waals surface area contributed by atoms with Crippen LogP contribution in [0.25, 0.3) is 0 Å². The summed E-state index contributed by atoms with van der Waals surface area (Å²) in [7, 11) is -3.20. The van der Waals surface area contributed by atoms with Gasteiger partial charge in [-0.05, 0) is 27.7 Å². The molecule has 18 heavy (non-hydrogen) atoms. The van der Waals surface area contributed by atoms with Crippen LogP contribution in [0.1, 0.15) is 44.7 Å². The van der Waals surface area contributed by atoms with Crippen molar-refractivity contribution in [3.63, 3.8) is 0 Å². The minimum Gasteiger partial charge on any atom is -0.424 e. The third-order valence-electron chi connectivity index (χ3n) is 2.47. The Hall–Kier alpha value is -0.950. The van der Waals surface area contributed by atoms with Crippen LogP contribution in [-0.4, -0.2) is 37.0 Å². The van der Waals surface area contributed by atoms with E-state index in [1.807, 2.05) is 0 Å². The molecule has 1 unspecified atom stereocenters. The third-order valence-corrected chi connectivity index (χ3v) is 3.95. The lowest BCUT2D eigenvalue weighted by Gasteiger charge is -2.19. The lowest BCUT2D eigenvalue weighted by atomic mass is 10.1. The molecule has 1 aromatic rings. The molecule has 0 spiro atoms. The van der Waals surface area contributed by atoms with Gasteiger partial charge in [-0.3, -0.25) is 0 Å². The molecule has 0 aliphatic rings. The molecule has 0 aliphatic carbocycles. The Kier molecular flexibility index (Phi) is 4.50. The lowest BCUT2D eigenvalue weighted by Crippen LogP contribution is -2.37. The first-order valence-corrected chi connectivity index (χ1v) is 7.81. The van der Waals surface area contributed by atoms with Crippen LogP contribution in [0.2, 0.25) is 0 Å². The summed E-state index contributed by atoms with van der Waals surface area (Å²) < 4.78 is 28.0. The van der Waals surface area contributed by atoms with E-state index < -0.39 is 15.1 Å². The molecule has 104 valence electrons. The number of nitrogens with one attached hydrogen (secondary N) is 1. The SMILES string of the molecule is CC(c1nnc(CCNC(C)(C)C)o1)S(C)(=O)=O. The van der Waals surface area contributed by atoms with Crippen molar-refractivity contribution in [1.82, 2.24) is 15.5 Å². The monoisotopic (exact) mass is 275 g/mol. The van der Waals surface area contributed by atoms with Gasteiger partial charge < -0.3 is 9.73 Å². The summed E-state index contributed by atoms with van der Waals surface area (Å²) in [4.78, 5) is 0. The average molecular weight is 275 g/mol. The molecular weight excluding hydrogens is 254 g/mol. The van der Waals surface area contributed by atoms with Crippen LogP contribution in [0.5, 0.6) is 0 Å². The van der Waals surface area contributed by atoms with Crippen LogP contribution in [-0.2, 0) is 16.3 Å². The minimum atomic E-state index is -3.20. The van der Waals surface area contributed by atoms with E-state index in [-0.39, 0.29) is 11.4 Å². The van der Waals surface area contributed by atoms with Crippen LogP contribution < -0.4 is 5.32 Å². The average Bonchev–Trinajstić information content (AvgIpc) is 2.61. The standard InChI is InChI=1S/C11H21N3O3S/c1-8(18(5,15)16)10-14-13-9(17-10)6-7-12-11(2,3)4/h8,12H,6-7H2,1-5H3. The van der Waals surface area contributed by atoms with Crippen molar-refractivity contribution in [3.8, 4) is 0 Å². The van der Waals surface area contributed by atoms with Crippen LogP contribution in [0, 0.1) is 0 Å². The summed E-state index contributed by atoms with van der Waals surface area (Å²) in [6.07, 6.45) is 1.74. The Balaban J connectivity index is 2.59. The number of rotatable bonds is 5. The van der Waals surface area contributed by atoms with Crippen molar-refractivity contribution in [2.24, 2.45) is 0 Å². The second-order valence-electron chi connectivity index (χ2n) is 5.43. The summed E-state index contributed by atoms with van der Waals surface area (Å²) in [5.41, 5.74) is 0.0307. The van der Waals surface area contributed by atoms with E-state index in [9.17, 15) is 8.42 Å². The zero-order valence-corrected chi connectivity index (χ0v) is 12.3. The Labute approximate surface area is 108 Å². The molecule has 0 saturated heterocycles. The maximum Gasteiger partial charge on any atom is 0.234 e. The van der Waals surface area contributed by atoms with Crippen molar-refractivity contribution in [3.05, 3.63) is 11.8 Å². The third kappa shape index (κ3) is 4.73. The molecule has 1 aromatic heterocycles. The van der Waals surface area contributed by atoms with Crippen molar-refractivity contribution in [2.45, 2.75) is 44.9 Å². The molecule has 0 bridgehead atoms. The van der Waals surface area contributed by atoms with E-state index in [0.29, 0.717) is 18.9 Å². The fourth-order valence-corrected chi connectivity index (χ4v) is 1.72. The van der Waals surface area contributed by atoms with Crippen molar-refractivity contribution in [1.29, 1.82) is 0 Å². The fraction of sp³-hybridized carbons (Fsp3) is 0.818. The van der Waals surface area contributed by atoms with E-state index in [0.717, 1.165) is 6.26 Å². The molecule has 0 amide bonds. The minimum absolute atomic E-state index is 0.0307. The number of sulfone groups is 1. The van der Waals surface area contributed by atoms with Gasteiger partial charge in [-0.15, -0.1) is 10.2 Å². The molecule has 0 aliphatic heterocycles. The summed E-state index contributed by atoms with van der Waals surface area (Å²) in [5, 5.41) is 10.2. The first-order valence-electron chi connectivity index (χ1n) is 5.86. The van der Waals surface area contributed by atoms with Crippen LogP contribution in [0.3, 0.4) is 0 Å². The molecule has 1 heterocycles. The van der Waals surface area contributed by atoms with Gasteiger partial charge in [-0.25, -0.2) is 8.42 Å². The Morgan fingerprint density at radius 2 is 1.94 bits per heavy atom. The highest BCUT2D eigenvalue weighted by molar-refractivity contribution is 7.90. The van der Waals surface area contributed by atoms with Gasteiger partial charge in [0, 0.05) is 24.8 Å². The van der Waals surface area contributed by atoms with Crippen molar-refractivity contribution in [2.75, 3.05) is 12.8 Å². The molecular formula is C11H21N3O3S. The number of hydrogen-bond donors (Lipinski definition) is 1. The maximum atomic E-state index is 11.3. The zero-order valence-electron chi connectivity index (χ0n) is 11.5. The Bertz CT molecular complexity index is 488. The summed E-state index contributed by atoms with van der Waals surface area (Å²) in [6, 6.07) is 0. The number of hydrogen-bond acceptors (Lipinski definition) is 6. The molecule has 1 rings (SSSR count). The Morgan fingerprint density at radius 1 is 1.33 bits per heavy atom. The second-order valence-corrected chi connectivity index (χ2v) is 7.80. The maximum absolute atomic E-state index is 11.3. The molecule has 6 nitrogen and oxygen atoms in total. The van der Waals surface area contributed by atoms with E-state index in [2.05, 4.69) is 36.3 Å². The fourth-order valence-electron chi connectivity index (χ4n) is 1.26. The second kappa shape index (κ2) is 5.36. The summed E-state index contributed by atoms with van der Waals surface area (Å²) >= 11 is 0. The summed E-state index contributed by atoms with van der Waals surface area (Å²) in [6.45, 7) is 8.45. The van der Waals surface area contributed by atoms with Crippen LogP contribution in [0.4, 0.5) is 0 Å². The topological polar surface area (TPSA) is 85.1 Å². The van der Waals surface area contributed by atoms with Gasteiger partial charge in [-0.2, -0.15) is 0 Å². The molecule has 7 heteroatoms. The molecule has 1 atom stereocenters. The molecule has 0 radical (unpaired) electrons. The van der Waals surface area contributed by atoms with Gasteiger partial charge >= 0.3 is 0 Å². The van der Waals surface area contributed by atoms with Gasteiger partial charge in [0.15, 0.2) is 9.84 Å². The van der Waals surface area contributed by atoms with E-state index in [4.69, 9.17) is 4.42 Å². The quantitative estimate of drug-likeness (QED) is 0.866. The summed E-state index contributed by atoms with van der Waals surface area (Å²) in [5.74, 6) is 0.612. The highest BCUT2D eigenvalue weighted by atomic mass is 32.2. The number of nitrogens with zero attached hydrogens (tertiary/aromatic N) is 2. The normalized spacial score (nSPS) is 14.7. The van der Waals surface area contributed by atoms with Gasteiger partial charge in [0.1, 0.15) is 5.25 Å². The number of aromatic nitrogens is 2. The van der Waals surface area contributed by atoms with Crippen molar-refractivity contribution >= 4 is 9.84 Å². The van der Waals surface area contributed by atoms with Crippen molar-refractivity contribution < 1.29 is 12.8 Å². The van der Waals surface area contributed by atoms with Crippen LogP contribution >= 0.6 is 0 Å². The molecule has 1 N–H and O–H groups in total. The van der Waals surface area contributed by atoms with E-state index in [1.165, 1.54) is 0 Å². The molecule has 0 aromatic carbocycles. The van der Waals surface area contributed by atoms with Gasteiger partial charge in [-0.1, -0.05) is 0 Å². The molecule has 0 saturated carbocycles. The first-order chi connectivity index (χ1) is 8.09. The van der Waals surface area contributed by atoms with Gasteiger partial charge in [0.2, 0.25) is 11.8 Å². The van der Waals surface area contributed by atoms with Gasteiger partial charge in [0.05, 0.1) is 0 Å². The Morgan fingerprint density at radius 3 is 2.44 bits per heavy atom. The predicted molar refractivity (Wildman–Crippen MR) is 69.0 cm³/mol. The van der Waals surface area contributed by atoms with E-state index >= 15 is 0 Å². The smallest absolute Gasteiger partial charge is 0.234 e. The highest BCUT2D eigenvalue weighted by Gasteiger charge is 2.23.